The van der Waals surface area contributed by atoms with Gasteiger partial charge in [0, 0.05) is 32.6 Å². The molecule has 14 heavy (non-hydrogen) atoms. The van der Waals surface area contributed by atoms with E-state index in [1.165, 1.54) is 24.7 Å². The Morgan fingerprint density at radius 2 is 2.36 bits per heavy atom. The van der Waals surface area contributed by atoms with Gasteiger partial charge in [-0.2, -0.15) is 5.10 Å². The highest BCUT2D eigenvalue weighted by molar-refractivity contribution is 5.84. The van der Waals surface area contributed by atoms with Crippen molar-refractivity contribution >= 4 is 11.9 Å². The summed E-state index contributed by atoms with van der Waals surface area (Å²) in [6.45, 7) is 0. The lowest BCUT2D eigenvalue weighted by Crippen LogP contribution is -2.03. The molecule has 0 aliphatic rings. The van der Waals surface area contributed by atoms with Crippen LogP contribution in [-0.4, -0.2) is 35.2 Å². The van der Waals surface area contributed by atoms with Gasteiger partial charge in [-0.15, -0.1) is 0 Å². The number of nitrogens with zero attached hydrogens (tertiary/aromatic N) is 4. The van der Waals surface area contributed by atoms with Gasteiger partial charge in [0.25, 0.3) is 5.69 Å². The second-order valence-corrected chi connectivity index (χ2v) is 2.78. The van der Waals surface area contributed by atoms with Crippen molar-refractivity contribution in [3.8, 4) is 0 Å². The zero-order valence-electron chi connectivity index (χ0n) is 7.91. The van der Waals surface area contributed by atoms with Gasteiger partial charge in [-0.3, -0.25) is 15.1 Å². The summed E-state index contributed by atoms with van der Waals surface area (Å²) in [5.74, 6) is 0. The van der Waals surface area contributed by atoms with Crippen molar-refractivity contribution in [3.63, 3.8) is 0 Å². The Kier molecular flexibility index (Phi) is 3.11. The van der Waals surface area contributed by atoms with Crippen LogP contribution in [0, 0.1) is 10.1 Å². The first-order valence-electron chi connectivity index (χ1n) is 3.91. The highest BCUT2D eigenvalue weighted by Gasteiger charge is 2.10. The largest absolute Gasteiger partial charge is 0.303 e. The molecule has 0 atom stereocenters. The molecule has 6 heteroatoms. The van der Waals surface area contributed by atoms with Gasteiger partial charge in [-0.1, -0.05) is 0 Å². The van der Waals surface area contributed by atoms with Crippen molar-refractivity contribution in [1.82, 2.24) is 9.99 Å². The number of hydrazone groups is 1. The Labute approximate surface area is 81.0 Å². The first-order chi connectivity index (χ1) is 6.61. The molecule has 0 aromatic carbocycles. The van der Waals surface area contributed by atoms with E-state index in [9.17, 15) is 10.1 Å². The van der Waals surface area contributed by atoms with Gasteiger partial charge in [-0.25, -0.2) is 0 Å². The fourth-order valence-electron chi connectivity index (χ4n) is 0.843. The van der Waals surface area contributed by atoms with Crippen molar-refractivity contribution in [2.45, 2.75) is 0 Å². The van der Waals surface area contributed by atoms with Crippen LogP contribution < -0.4 is 0 Å². The highest BCUT2D eigenvalue weighted by atomic mass is 16.6. The lowest BCUT2D eigenvalue weighted by atomic mass is 10.2. The second-order valence-electron chi connectivity index (χ2n) is 2.78. The molecule has 0 fully saturated rings. The maximum absolute atomic E-state index is 10.6. The standard InChI is InChI=1S/C8H10N4O2/c1-11(2)10-6-7-5-9-4-3-8(7)12(13)14/h3-6H,1-2H3/b10-6+. The molecule has 0 bridgehead atoms. The highest BCUT2D eigenvalue weighted by Crippen LogP contribution is 2.13. The zero-order chi connectivity index (χ0) is 10.6. The van der Waals surface area contributed by atoms with Crippen LogP contribution in [0.15, 0.2) is 23.6 Å². The summed E-state index contributed by atoms with van der Waals surface area (Å²) in [6.07, 6.45) is 4.20. The van der Waals surface area contributed by atoms with E-state index < -0.39 is 4.92 Å². The Bertz CT molecular complexity index is 362. The Balaban J connectivity index is 3.02. The van der Waals surface area contributed by atoms with E-state index in [0.717, 1.165) is 0 Å². The van der Waals surface area contributed by atoms with Crippen molar-refractivity contribution in [1.29, 1.82) is 0 Å². The van der Waals surface area contributed by atoms with E-state index in [0.29, 0.717) is 5.56 Å². The van der Waals surface area contributed by atoms with Gasteiger partial charge in [-0.05, 0) is 0 Å². The molecule has 0 aliphatic carbocycles. The summed E-state index contributed by atoms with van der Waals surface area (Å²) in [5.41, 5.74) is 0.400. The third-order valence-electron chi connectivity index (χ3n) is 1.45. The van der Waals surface area contributed by atoms with Gasteiger partial charge in [0.2, 0.25) is 0 Å². The average molecular weight is 194 g/mol. The fourth-order valence-corrected chi connectivity index (χ4v) is 0.843. The fraction of sp³-hybridized carbons (Fsp3) is 0.250. The zero-order valence-corrected chi connectivity index (χ0v) is 7.91. The van der Waals surface area contributed by atoms with E-state index in [4.69, 9.17) is 0 Å². The Morgan fingerprint density at radius 1 is 1.64 bits per heavy atom. The molecule has 0 aliphatic heterocycles. The first kappa shape index (κ1) is 10.1. The molecule has 1 aromatic heterocycles. The van der Waals surface area contributed by atoms with Crippen LogP contribution in [0.4, 0.5) is 5.69 Å². The Hall–Kier alpha value is -1.98. The molecule has 74 valence electrons. The smallest absolute Gasteiger partial charge is 0.281 e. The molecule has 0 N–H and O–H groups in total. The number of nitro groups is 1. The number of aromatic nitrogens is 1. The predicted molar refractivity (Wildman–Crippen MR) is 52.2 cm³/mol. The molecule has 0 saturated carbocycles. The average Bonchev–Trinajstić information content (AvgIpc) is 2.15. The molecule has 6 nitrogen and oxygen atoms in total. The number of hydrogen-bond acceptors (Lipinski definition) is 5. The van der Waals surface area contributed by atoms with E-state index in [1.807, 2.05) is 0 Å². The predicted octanol–water partition coefficient (Wildman–Crippen LogP) is 0.885. The van der Waals surface area contributed by atoms with Crippen molar-refractivity contribution in [2.75, 3.05) is 14.1 Å². The van der Waals surface area contributed by atoms with Crippen molar-refractivity contribution in [3.05, 3.63) is 34.1 Å². The lowest BCUT2D eigenvalue weighted by Gasteiger charge is -2.02. The van der Waals surface area contributed by atoms with Gasteiger partial charge in [0.15, 0.2) is 0 Å². The molecule has 1 aromatic rings. The molecule has 0 saturated heterocycles. The monoisotopic (exact) mass is 194 g/mol. The number of rotatable bonds is 3. The summed E-state index contributed by atoms with van der Waals surface area (Å²) in [7, 11) is 3.47. The van der Waals surface area contributed by atoms with E-state index in [1.54, 1.807) is 19.1 Å². The molecule has 1 rings (SSSR count). The van der Waals surface area contributed by atoms with Crippen molar-refractivity contribution < 1.29 is 4.92 Å². The minimum Gasteiger partial charge on any atom is -0.303 e. The maximum Gasteiger partial charge on any atom is 0.281 e. The summed E-state index contributed by atoms with van der Waals surface area (Å²) in [4.78, 5) is 13.9. The maximum atomic E-state index is 10.6. The van der Waals surface area contributed by atoms with Crippen LogP contribution in [0.5, 0.6) is 0 Å². The molecule has 1 heterocycles. The van der Waals surface area contributed by atoms with Crippen LogP contribution in [-0.2, 0) is 0 Å². The van der Waals surface area contributed by atoms with Crippen LogP contribution in [0.3, 0.4) is 0 Å². The molecular formula is C8H10N4O2. The van der Waals surface area contributed by atoms with E-state index in [-0.39, 0.29) is 5.69 Å². The minimum atomic E-state index is -0.460. The van der Waals surface area contributed by atoms with Gasteiger partial charge >= 0.3 is 0 Å². The minimum absolute atomic E-state index is 0.00519. The number of pyridine rings is 1. The molecule has 0 unspecified atom stereocenters. The van der Waals surface area contributed by atoms with Crippen LogP contribution in [0.2, 0.25) is 0 Å². The van der Waals surface area contributed by atoms with Gasteiger partial charge < -0.3 is 5.01 Å². The number of hydrogen-bond donors (Lipinski definition) is 0. The second kappa shape index (κ2) is 4.31. The third-order valence-corrected chi connectivity index (χ3v) is 1.45. The van der Waals surface area contributed by atoms with E-state index >= 15 is 0 Å². The summed E-state index contributed by atoms with van der Waals surface area (Å²) < 4.78 is 0. The topological polar surface area (TPSA) is 71.6 Å². The SMILES string of the molecule is CN(C)/N=C/c1cnccc1[N+](=O)[O-]. The molecule has 0 radical (unpaired) electrons. The normalized spacial score (nSPS) is 10.4. The summed E-state index contributed by atoms with van der Waals surface area (Å²) in [6, 6.07) is 1.34. The first-order valence-corrected chi connectivity index (χ1v) is 3.91. The van der Waals surface area contributed by atoms with E-state index in [2.05, 4.69) is 10.1 Å². The van der Waals surface area contributed by atoms with Crippen molar-refractivity contribution in [2.24, 2.45) is 5.10 Å². The van der Waals surface area contributed by atoms with Crippen LogP contribution in [0.25, 0.3) is 0 Å². The quantitative estimate of drug-likeness (QED) is 0.407. The third kappa shape index (κ3) is 2.51. The molecule has 0 spiro atoms. The van der Waals surface area contributed by atoms with Gasteiger partial charge in [0.1, 0.15) is 0 Å². The van der Waals surface area contributed by atoms with Crippen LogP contribution >= 0.6 is 0 Å². The Morgan fingerprint density at radius 3 is 2.93 bits per heavy atom. The molecule has 0 amide bonds. The molecular weight excluding hydrogens is 184 g/mol. The summed E-state index contributed by atoms with van der Waals surface area (Å²) in [5, 5.41) is 16.0. The summed E-state index contributed by atoms with van der Waals surface area (Å²) >= 11 is 0. The van der Waals surface area contributed by atoms with Gasteiger partial charge in [0.05, 0.1) is 16.7 Å². The lowest BCUT2D eigenvalue weighted by molar-refractivity contribution is -0.385. The van der Waals surface area contributed by atoms with Crippen LogP contribution in [0.1, 0.15) is 5.56 Å².